The first kappa shape index (κ1) is 12.8. The zero-order valence-corrected chi connectivity index (χ0v) is 11.6. The molecular formula is C13H14BrN3O. The van der Waals surface area contributed by atoms with Crippen LogP contribution in [-0.4, -0.2) is 23.6 Å². The molecule has 0 saturated heterocycles. The van der Waals surface area contributed by atoms with E-state index in [2.05, 4.69) is 37.3 Å². The van der Waals surface area contributed by atoms with Gasteiger partial charge in [-0.25, -0.2) is 9.97 Å². The highest BCUT2D eigenvalue weighted by Gasteiger charge is 1.98. The third-order valence-electron chi connectivity index (χ3n) is 2.49. The van der Waals surface area contributed by atoms with Crippen molar-refractivity contribution in [2.75, 3.05) is 19.0 Å². The monoisotopic (exact) mass is 307 g/mol. The molecule has 0 unspecified atom stereocenters. The van der Waals surface area contributed by atoms with E-state index in [4.69, 9.17) is 4.74 Å². The molecule has 0 spiro atoms. The van der Waals surface area contributed by atoms with Crippen LogP contribution in [0.15, 0.2) is 41.3 Å². The lowest BCUT2D eigenvalue weighted by molar-refractivity contribution is 0.414. The van der Waals surface area contributed by atoms with Crippen LogP contribution in [0.4, 0.5) is 5.82 Å². The van der Waals surface area contributed by atoms with E-state index >= 15 is 0 Å². The third-order valence-corrected chi connectivity index (χ3v) is 2.92. The summed E-state index contributed by atoms with van der Waals surface area (Å²) in [6.07, 6.45) is 2.44. The topological polar surface area (TPSA) is 47.0 Å². The van der Waals surface area contributed by atoms with E-state index in [1.807, 2.05) is 24.3 Å². The molecule has 0 bridgehead atoms. The van der Waals surface area contributed by atoms with E-state index in [1.165, 1.54) is 11.9 Å². The summed E-state index contributed by atoms with van der Waals surface area (Å²) in [7, 11) is 1.68. The SMILES string of the molecule is COc1cccc(CCNc2cc(Br)ncn2)c1. The van der Waals surface area contributed by atoms with Crippen LogP contribution < -0.4 is 10.1 Å². The smallest absolute Gasteiger partial charge is 0.130 e. The number of halogens is 1. The molecule has 0 atom stereocenters. The molecule has 1 N–H and O–H groups in total. The van der Waals surface area contributed by atoms with Gasteiger partial charge in [-0.1, -0.05) is 12.1 Å². The molecule has 0 aliphatic carbocycles. The number of hydrogen-bond acceptors (Lipinski definition) is 4. The van der Waals surface area contributed by atoms with Crippen molar-refractivity contribution in [3.05, 3.63) is 46.8 Å². The summed E-state index contributed by atoms with van der Waals surface area (Å²) in [5.41, 5.74) is 1.23. The zero-order valence-electron chi connectivity index (χ0n) is 10.1. The first-order valence-corrected chi connectivity index (χ1v) is 6.41. The molecule has 0 fully saturated rings. The van der Waals surface area contributed by atoms with Crippen molar-refractivity contribution >= 4 is 21.7 Å². The number of nitrogens with one attached hydrogen (secondary N) is 1. The van der Waals surface area contributed by atoms with Crippen LogP contribution in [0.2, 0.25) is 0 Å². The Morgan fingerprint density at radius 2 is 2.17 bits per heavy atom. The standard InChI is InChI=1S/C13H14BrN3O/c1-18-11-4-2-3-10(7-11)5-6-15-13-8-12(14)16-9-17-13/h2-4,7-9H,5-6H2,1H3,(H,15,16,17). The van der Waals surface area contributed by atoms with Crippen molar-refractivity contribution in [3.8, 4) is 5.75 Å². The molecule has 1 aromatic heterocycles. The average Bonchev–Trinajstić information content (AvgIpc) is 2.39. The molecule has 94 valence electrons. The van der Waals surface area contributed by atoms with Gasteiger partial charge in [0, 0.05) is 12.6 Å². The second kappa shape index (κ2) is 6.35. The quantitative estimate of drug-likeness (QED) is 0.863. The second-order valence-electron chi connectivity index (χ2n) is 3.75. The molecule has 0 aliphatic heterocycles. The largest absolute Gasteiger partial charge is 0.497 e. The molecule has 0 saturated carbocycles. The van der Waals surface area contributed by atoms with Crippen molar-refractivity contribution in [2.45, 2.75) is 6.42 Å². The number of nitrogens with zero attached hydrogens (tertiary/aromatic N) is 2. The first-order chi connectivity index (χ1) is 8.78. The summed E-state index contributed by atoms with van der Waals surface area (Å²) < 4.78 is 5.97. The summed E-state index contributed by atoms with van der Waals surface area (Å²) in [5, 5.41) is 3.25. The molecule has 2 aromatic rings. The van der Waals surface area contributed by atoms with Crippen LogP contribution >= 0.6 is 15.9 Å². The fraction of sp³-hybridized carbons (Fsp3) is 0.231. The highest BCUT2D eigenvalue weighted by atomic mass is 79.9. The summed E-state index contributed by atoms with van der Waals surface area (Å²) in [4.78, 5) is 8.11. The molecule has 18 heavy (non-hydrogen) atoms. The Balaban J connectivity index is 1.88. The molecule has 0 radical (unpaired) electrons. The number of anilines is 1. The summed E-state index contributed by atoms with van der Waals surface area (Å²) in [6.45, 7) is 0.816. The molecule has 1 aromatic carbocycles. The van der Waals surface area contributed by atoms with Crippen LogP contribution in [0.25, 0.3) is 0 Å². The molecule has 1 heterocycles. The van der Waals surface area contributed by atoms with Crippen LogP contribution in [-0.2, 0) is 6.42 Å². The van der Waals surface area contributed by atoms with Crippen LogP contribution in [0.3, 0.4) is 0 Å². The van der Waals surface area contributed by atoms with E-state index in [9.17, 15) is 0 Å². The lowest BCUT2D eigenvalue weighted by Crippen LogP contribution is -2.06. The summed E-state index contributed by atoms with van der Waals surface area (Å²) in [5.74, 6) is 1.71. The zero-order chi connectivity index (χ0) is 12.8. The Labute approximate surface area is 115 Å². The highest BCUT2D eigenvalue weighted by molar-refractivity contribution is 9.10. The van der Waals surface area contributed by atoms with Crippen molar-refractivity contribution in [1.82, 2.24) is 9.97 Å². The second-order valence-corrected chi connectivity index (χ2v) is 4.57. The first-order valence-electron chi connectivity index (χ1n) is 5.62. The molecule has 0 aliphatic rings. The maximum atomic E-state index is 5.19. The molecule has 5 heteroatoms. The lowest BCUT2D eigenvalue weighted by Gasteiger charge is -2.06. The third kappa shape index (κ3) is 3.70. The number of benzene rings is 1. The Morgan fingerprint density at radius 1 is 1.28 bits per heavy atom. The number of rotatable bonds is 5. The van der Waals surface area contributed by atoms with Gasteiger partial charge in [-0.2, -0.15) is 0 Å². The number of ether oxygens (including phenoxy) is 1. The number of methoxy groups -OCH3 is 1. The van der Waals surface area contributed by atoms with Gasteiger partial charge in [-0.15, -0.1) is 0 Å². The minimum atomic E-state index is 0.779. The Morgan fingerprint density at radius 3 is 2.94 bits per heavy atom. The van der Waals surface area contributed by atoms with E-state index < -0.39 is 0 Å². The average molecular weight is 308 g/mol. The minimum Gasteiger partial charge on any atom is -0.497 e. The van der Waals surface area contributed by atoms with Crippen molar-refractivity contribution < 1.29 is 4.74 Å². The van der Waals surface area contributed by atoms with Gasteiger partial charge in [0.05, 0.1) is 7.11 Å². The lowest BCUT2D eigenvalue weighted by atomic mass is 10.1. The van der Waals surface area contributed by atoms with E-state index in [1.54, 1.807) is 7.11 Å². The normalized spacial score (nSPS) is 10.1. The molecule has 2 rings (SSSR count). The maximum absolute atomic E-state index is 5.19. The van der Waals surface area contributed by atoms with Gasteiger partial charge in [-0.3, -0.25) is 0 Å². The predicted molar refractivity (Wildman–Crippen MR) is 74.9 cm³/mol. The fourth-order valence-corrected chi connectivity index (χ4v) is 1.90. The Hall–Kier alpha value is -1.62. The van der Waals surface area contributed by atoms with Crippen molar-refractivity contribution in [3.63, 3.8) is 0 Å². The van der Waals surface area contributed by atoms with Gasteiger partial charge in [-0.05, 0) is 40.0 Å². The Kier molecular flexibility index (Phi) is 4.52. The highest BCUT2D eigenvalue weighted by Crippen LogP contribution is 2.13. The van der Waals surface area contributed by atoms with Crippen LogP contribution in [0.1, 0.15) is 5.56 Å². The van der Waals surface area contributed by atoms with Crippen molar-refractivity contribution in [2.24, 2.45) is 0 Å². The molecule has 4 nitrogen and oxygen atoms in total. The van der Waals surface area contributed by atoms with Gasteiger partial charge in [0.1, 0.15) is 22.5 Å². The van der Waals surface area contributed by atoms with Gasteiger partial charge in [0.15, 0.2) is 0 Å². The van der Waals surface area contributed by atoms with Crippen LogP contribution in [0.5, 0.6) is 5.75 Å². The number of hydrogen-bond donors (Lipinski definition) is 1. The summed E-state index contributed by atoms with van der Waals surface area (Å²) >= 11 is 3.31. The van der Waals surface area contributed by atoms with E-state index in [0.29, 0.717) is 0 Å². The molecule has 0 amide bonds. The van der Waals surface area contributed by atoms with E-state index in [-0.39, 0.29) is 0 Å². The van der Waals surface area contributed by atoms with Crippen LogP contribution in [0, 0.1) is 0 Å². The van der Waals surface area contributed by atoms with Crippen molar-refractivity contribution in [1.29, 1.82) is 0 Å². The predicted octanol–water partition coefficient (Wildman–Crippen LogP) is 2.90. The Bertz CT molecular complexity index is 519. The minimum absolute atomic E-state index is 0.779. The van der Waals surface area contributed by atoms with Gasteiger partial charge in [0.2, 0.25) is 0 Å². The van der Waals surface area contributed by atoms with Gasteiger partial charge < -0.3 is 10.1 Å². The number of aromatic nitrogens is 2. The molecular weight excluding hydrogens is 294 g/mol. The van der Waals surface area contributed by atoms with E-state index in [0.717, 1.165) is 29.1 Å². The van der Waals surface area contributed by atoms with Gasteiger partial charge >= 0.3 is 0 Å². The van der Waals surface area contributed by atoms with Gasteiger partial charge in [0.25, 0.3) is 0 Å². The fourth-order valence-electron chi connectivity index (χ4n) is 1.59. The summed E-state index contributed by atoms with van der Waals surface area (Å²) in [6, 6.07) is 9.91. The maximum Gasteiger partial charge on any atom is 0.130 e.